The Hall–Kier alpha value is -3.12. The Morgan fingerprint density at radius 1 is 0.900 bits per heavy atom. The van der Waals surface area contributed by atoms with E-state index in [-0.39, 0.29) is 18.0 Å². The van der Waals surface area contributed by atoms with Gasteiger partial charge in [-0.2, -0.15) is 0 Å². The molecule has 154 valence electrons. The lowest BCUT2D eigenvalue weighted by molar-refractivity contribution is 0.0474. The van der Waals surface area contributed by atoms with Crippen molar-refractivity contribution in [1.82, 2.24) is 0 Å². The minimum absolute atomic E-state index is 0.259. The molecule has 0 aromatic heterocycles. The number of ether oxygens (including phenoxy) is 3. The van der Waals surface area contributed by atoms with E-state index in [0.29, 0.717) is 28.1 Å². The van der Waals surface area contributed by atoms with Crippen molar-refractivity contribution in [2.45, 2.75) is 6.92 Å². The number of benzene rings is 3. The lowest BCUT2D eigenvalue weighted by Crippen LogP contribution is -2.14. The highest BCUT2D eigenvalue weighted by Crippen LogP contribution is 2.36. The summed E-state index contributed by atoms with van der Waals surface area (Å²) in [5, 5.41) is 0. The minimum atomic E-state index is -0.619. The molecule has 3 aromatic rings. The Labute approximate surface area is 183 Å². The first kappa shape index (κ1) is 21.6. The van der Waals surface area contributed by atoms with Crippen LogP contribution in [0.4, 0.5) is 0 Å². The fourth-order valence-electron chi connectivity index (χ4n) is 2.90. The van der Waals surface area contributed by atoms with E-state index in [9.17, 15) is 9.59 Å². The van der Waals surface area contributed by atoms with Crippen LogP contribution in [0.3, 0.4) is 0 Å². The predicted octanol–water partition coefficient (Wildman–Crippen LogP) is 5.56. The lowest BCUT2D eigenvalue weighted by Gasteiger charge is -2.13. The highest BCUT2D eigenvalue weighted by molar-refractivity contribution is 9.10. The SMILES string of the molecule is CCOc1c(Br)cc(C(=O)OCC(=O)c2ccc(-c3ccccc3)cc2)cc1OC. The van der Waals surface area contributed by atoms with Crippen LogP contribution in [0.15, 0.2) is 71.2 Å². The molecule has 0 aliphatic heterocycles. The molecule has 0 heterocycles. The van der Waals surface area contributed by atoms with Crippen molar-refractivity contribution in [3.8, 4) is 22.6 Å². The van der Waals surface area contributed by atoms with Crippen LogP contribution < -0.4 is 9.47 Å². The molecule has 0 N–H and O–H groups in total. The van der Waals surface area contributed by atoms with Crippen molar-refractivity contribution in [1.29, 1.82) is 0 Å². The summed E-state index contributed by atoms with van der Waals surface area (Å²) >= 11 is 3.37. The maximum Gasteiger partial charge on any atom is 0.338 e. The van der Waals surface area contributed by atoms with Crippen LogP contribution in [0, 0.1) is 0 Å². The fraction of sp³-hybridized carbons (Fsp3) is 0.167. The molecule has 3 aromatic carbocycles. The average Bonchev–Trinajstić information content (AvgIpc) is 2.79. The summed E-state index contributed by atoms with van der Waals surface area (Å²) in [7, 11) is 1.49. The van der Waals surface area contributed by atoms with Crippen LogP contribution in [-0.2, 0) is 4.74 Å². The van der Waals surface area contributed by atoms with E-state index in [2.05, 4.69) is 15.9 Å². The number of halogens is 1. The van der Waals surface area contributed by atoms with Gasteiger partial charge in [0.1, 0.15) is 0 Å². The van der Waals surface area contributed by atoms with E-state index in [1.54, 1.807) is 18.2 Å². The molecule has 6 heteroatoms. The van der Waals surface area contributed by atoms with Gasteiger partial charge in [-0.05, 0) is 46.1 Å². The molecule has 0 aliphatic rings. The molecule has 0 saturated carbocycles. The third-order valence-electron chi connectivity index (χ3n) is 4.40. The van der Waals surface area contributed by atoms with E-state index in [1.165, 1.54) is 13.2 Å². The quantitative estimate of drug-likeness (QED) is 0.319. The van der Waals surface area contributed by atoms with Crippen LogP contribution in [0.2, 0.25) is 0 Å². The predicted molar refractivity (Wildman–Crippen MR) is 118 cm³/mol. The van der Waals surface area contributed by atoms with Crippen LogP contribution in [-0.4, -0.2) is 32.1 Å². The van der Waals surface area contributed by atoms with Gasteiger partial charge in [-0.15, -0.1) is 0 Å². The van der Waals surface area contributed by atoms with Crippen LogP contribution in [0.25, 0.3) is 11.1 Å². The molecule has 3 rings (SSSR count). The van der Waals surface area contributed by atoms with Crippen molar-refractivity contribution in [2.75, 3.05) is 20.3 Å². The third-order valence-corrected chi connectivity index (χ3v) is 4.99. The van der Waals surface area contributed by atoms with Gasteiger partial charge in [0.2, 0.25) is 0 Å². The van der Waals surface area contributed by atoms with E-state index < -0.39 is 5.97 Å². The molecular formula is C24H21BrO5. The number of methoxy groups -OCH3 is 1. The number of ketones is 1. The summed E-state index contributed by atoms with van der Waals surface area (Å²) in [6.07, 6.45) is 0. The second-order valence-corrected chi connectivity index (χ2v) is 7.22. The maximum atomic E-state index is 12.4. The van der Waals surface area contributed by atoms with Crippen LogP contribution >= 0.6 is 15.9 Å². The number of hydrogen-bond donors (Lipinski definition) is 0. The highest BCUT2D eigenvalue weighted by atomic mass is 79.9. The largest absolute Gasteiger partial charge is 0.493 e. The number of rotatable bonds is 8. The molecule has 0 unspecified atom stereocenters. The number of carbonyl (C=O) groups excluding carboxylic acids is 2. The van der Waals surface area contributed by atoms with Gasteiger partial charge in [0.25, 0.3) is 0 Å². The van der Waals surface area contributed by atoms with Gasteiger partial charge in [-0.25, -0.2) is 4.79 Å². The Balaban J connectivity index is 1.66. The molecule has 0 radical (unpaired) electrons. The van der Waals surface area contributed by atoms with Crippen molar-refractivity contribution in [3.05, 3.63) is 82.3 Å². The smallest absolute Gasteiger partial charge is 0.338 e. The van der Waals surface area contributed by atoms with Gasteiger partial charge in [0.15, 0.2) is 23.9 Å². The standard InChI is InChI=1S/C24H21BrO5/c1-3-29-23-20(25)13-19(14-22(23)28-2)24(27)30-15-21(26)18-11-9-17(10-12-18)16-7-5-4-6-8-16/h4-14H,3,15H2,1-2H3. The van der Waals surface area contributed by atoms with Gasteiger partial charge in [0.05, 0.1) is 23.8 Å². The van der Waals surface area contributed by atoms with E-state index >= 15 is 0 Å². The number of carbonyl (C=O) groups is 2. The Morgan fingerprint density at radius 2 is 1.57 bits per heavy atom. The molecule has 0 spiro atoms. The van der Waals surface area contributed by atoms with Gasteiger partial charge < -0.3 is 14.2 Å². The minimum Gasteiger partial charge on any atom is -0.493 e. The molecule has 0 amide bonds. The number of esters is 1. The second kappa shape index (κ2) is 10.1. The first-order chi connectivity index (χ1) is 14.5. The molecule has 0 fully saturated rings. The molecule has 5 nitrogen and oxygen atoms in total. The second-order valence-electron chi connectivity index (χ2n) is 6.37. The van der Waals surface area contributed by atoms with E-state index in [1.807, 2.05) is 49.4 Å². The van der Waals surface area contributed by atoms with Gasteiger partial charge in [-0.1, -0.05) is 54.6 Å². The zero-order valence-electron chi connectivity index (χ0n) is 16.7. The maximum absolute atomic E-state index is 12.4. The number of Topliss-reactive ketones (excluding diaryl/α,β-unsaturated/α-hetero) is 1. The monoisotopic (exact) mass is 468 g/mol. The summed E-state index contributed by atoms with van der Waals surface area (Å²) in [6.45, 7) is 1.96. The van der Waals surface area contributed by atoms with Crippen molar-refractivity contribution in [3.63, 3.8) is 0 Å². The summed E-state index contributed by atoms with van der Waals surface area (Å²) in [5.74, 6) is 0.0124. The highest BCUT2D eigenvalue weighted by Gasteiger charge is 2.18. The normalized spacial score (nSPS) is 10.4. The molecule has 0 atom stereocenters. The lowest BCUT2D eigenvalue weighted by atomic mass is 10.0. The third kappa shape index (κ3) is 5.07. The topological polar surface area (TPSA) is 61.8 Å². The van der Waals surface area contributed by atoms with Crippen molar-refractivity contribution < 1.29 is 23.8 Å². The summed E-state index contributed by atoms with van der Waals surface area (Å²) in [4.78, 5) is 24.8. The zero-order chi connectivity index (χ0) is 21.5. The first-order valence-corrected chi connectivity index (χ1v) is 10.2. The van der Waals surface area contributed by atoms with Crippen LogP contribution in [0.5, 0.6) is 11.5 Å². The summed E-state index contributed by atoms with van der Waals surface area (Å²) in [5.41, 5.74) is 2.82. The van der Waals surface area contributed by atoms with E-state index in [0.717, 1.165) is 11.1 Å². The molecule has 0 bridgehead atoms. The van der Waals surface area contributed by atoms with Crippen molar-refractivity contribution >= 4 is 27.7 Å². The van der Waals surface area contributed by atoms with Gasteiger partial charge in [0, 0.05) is 5.56 Å². The van der Waals surface area contributed by atoms with Gasteiger partial charge in [-0.3, -0.25) is 4.79 Å². The van der Waals surface area contributed by atoms with Gasteiger partial charge >= 0.3 is 5.97 Å². The summed E-state index contributed by atoms with van der Waals surface area (Å²) in [6, 6.07) is 20.2. The number of hydrogen-bond acceptors (Lipinski definition) is 5. The Bertz CT molecular complexity index is 1030. The summed E-state index contributed by atoms with van der Waals surface area (Å²) < 4.78 is 16.6. The molecule has 0 saturated heterocycles. The van der Waals surface area contributed by atoms with Crippen LogP contribution in [0.1, 0.15) is 27.6 Å². The van der Waals surface area contributed by atoms with E-state index in [4.69, 9.17) is 14.2 Å². The molecule has 0 aliphatic carbocycles. The fourth-order valence-corrected chi connectivity index (χ4v) is 3.46. The Kier molecular flexibility index (Phi) is 7.25. The molecular weight excluding hydrogens is 448 g/mol. The Morgan fingerprint density at radius 3 is 2.20 bits per heavy atom. The average molecular weight is 469 g/mol. The molecule has 30 heavy (non-hydrogen) atoms. The zero-order valence-corrected chi connectivity index (χ0v) is 18.3. The first-order valence-electron chi connectivity index (χ1n) is 9.39. The van der Waals surface area contributed by atoms with Crippen molar-refractivity contribution in [2.24, 2.45) is 0 Å².